The van der Waals surface area contributed by atoms with Gasteiger partial charge >= 0.3 is 0 Å². The van der Waals surface area contributed by atoms with Gasteiger partial charge in [-0.15, -0.1) is 11.3 Å². The molecule has 0 fully saturated rings. The van der Waals surface area contributed by atoms with Crippen LogP contribution in [-0.2, 0) is 19.3 Å². The summed E-state index contributed by atoms with van der Waals surface area (Å²) in [4.78, 5) is 9.12. The van der Waals surface area contributed by atoms with Crippen LogP contribution in [0.4, 0.5) is 5.82 Å². The Morgan fingerprint density at radius 3 is 2.95 bits per heavy atom. The molecule has 0 amide bonds. The Bertz CT molecular complexity index is 684. The first-order chi connectivity index (χ1) is 10.3. The van der Waals surface area contributed by atoms with Crippen molar-refractivity contribution in [2.24, 2.45) is 0 Å². The van der Waals surface area contributed by atoms with E-state index in [2.05, 4.69) is 26.7 Å². The lowest BCUT2D eigenvalue weighted by Crippen LogP contribution is -2.12. The Labute approximate surface area is 128 Å². The highest BCUT2D eigenvalue weighted by Crippen LogP contribution is 2.24. The number of thiazole rings is 1. The van der Waals surface area contributed by atoms with Gasteiger partial charge in [-0.2, -0.15) is 5.26 Å². The van der Waals surface area contributed by atoms with Crippen molar-refractivity contribution in [1.82, 2.24) is 9.97 Å². The molecule has 1 N–H and O–H groups in total. The third-order valence-corrected chi connectivity index (χ3v) is 4.75. The molecule has 1 aliphatic rings. The molecule has 1 aliphatic carbocycles. The zero-order valence-corrected chi connectivity index (χ0v) is 13.0. The average Bonchev–Trinajstić information content (AvgIpc) is 2.92. The van der Waals surface area contributed by atoms with Crippen molar-refractivity contribution in [3.8, 4) is 6.07 Å². The summed E-state index contributed by atoms with van der Waals surface area (Å²) in [5.41, 5.74) is 4.14. The molecule has 2 aromatic heterocycles. The molecular formula is C16H18N4S. The van der Waals surface area contributed by atoms with Gasteiger partial charge in [-0.25, -0.2) is 9.97 Å². The van der Waals surface area contributed by atoms with Gasteiger partial charge in [0.05, 0.1) is 10.6 Å². The van der Waals surface area contributed by atoms with Crippen molar-refractivity contribution in [3.63, 3.8) is 0 Å². The molecule has 21 heavy (non-hydrogen) atoms. The third kappa shape index (κ3) is 3.22. The largest absolute Gasteiger partial charge is 0.369 e. The SMILES string of the molecule is Cc1csc(CCNc2nc3c(cc2C#N)CCCC3)n1. The van der Waals surface area contributed by atoms with Gasteiger partial charge in [0.25, 0.3) is 0 Å². The van der Waals surface area contributed by atoms with Crippen molar-refractivity contribution in [2.45, 2.75) is 39.0 Å². The number of nitrogens with one attached hydrogen (secondary N) is 1. The van der Waals surface area contributed by atoms with Crippen molar-refractivity contribution in [2.75, 3.05) is 11.9 Å². The van der Waals surface area contributed by atoms with Gasteiger partial charge in [0, 0.05) is 29.7 Å². The number of fused-ring (bicyclic) bond motifs is 1. The highest BCUT2D eigenvalue weighted by atomic mass is 32.1. The van der Waals surface area contributed by atoms with Gasteiger partial charge in [-0.3, -0.25) is 0 Å². The van der Waals surface area contributed by atoms with Crippen LogP contribution in [0.1, 0.15) is 40.4 Å². The number of aromatic nitrogens is 2. The second-order valence-corrected chi connectivity index (χ2v) is 6.31. The maximum Gasteiger partial charge on any atom is 0.144 e. The molecule has 0 unspecified atom stereocenters. The molecule has 108 valence electrons. The summed E-state index contributed by atoms with van der Waals surface area (Å²) in [7, 11) is 0. The Kier molecular flexibility index (Phi) is 4.16. The molecule has 5 heteroatoms. The summed E-state index contributed by atoms with van der Waals surface area (Å²) in [6.07, 6.45) is 5.35. The summed E-state index contributed by atoms with van der Waals surface area (Å²) in [5, 5.41) is 15.8. The topological polar surface area (TPSA) is 61.6 Å². The van der Waals surface area contributed by atoms with Gasteiger partial charge in [0.2, 0.25) is 0 Å². The van der Waals surface area contributed by atoms with Gasteiger partial charge in [0.1, 0.15) is 11.9 Å². The number of aryl methyl sites for hydroxylation is 3. The first kappa shape index (κ1) is 14.0. The molecule has 0 saturated carbocycles. The number of nitrogens with zero attached hydrogens (tertiary/aromatic N) is 3. The van der Waals surface area contributed by atoms with E-state index in [1.54, 1.807) is 11.3 Å². The Morgan fingerprint density at radius 1 is 1.33 bits per heavy atom. The number of rotatable bonds is 4. The lowest BCUT2D eigenvalue weighted by molar-refractivity contribution is 0.668. The second-order valence-electron chi connectivity index (χ2n) is 5.37. The van der Waals surface area contributed by atoms with E-state index in [1.165, 1.54) is 18.4 Å². The van der Waals surface area contributed by atoms with Crippen LogP contribution in [0.25, 0.3) is 0 Å². The van der Waals surface area contributed by atoms with E-state index in [-0.39, 0.29) is 0 Å². The Morgan fingerprint density at radius 2 is 2.19 bits per heavy atom. The molecule has 3 rings (SSSR count). The lowest BCUT2D eigenvalue weighted by atomic mass is 9.95. The highest BCUT2D eigenvalue weighted by Gasteiger charge is 2.14. The predicted molar refractivity (Wildman–Crippen MR) is 84.6 cm³/mol. The summed E-state index contributed by atoms with van der Waals surface area (Å²) < 4.78 is 0. The summed E-state index contributed by atoms with van der Waals surface area (Å²) in [6.45, 7) is 2.76. The molecule has 4 nitrogen and oxygen atoms in total. The number of anilines is 1. The fourth-order valence-electron chi connectivity index (χ4n) is 2.66. The molecule has 0 radical (unpaired) electrons. The average molecular weight is 298 g/mol. The Balaban J connectivity index is 1.71. The van der Waals surface area contributed by atoms with Crippen molar-refractivity contribution in [3.05, 3.63) is 39.0 Å². The fourth-order valence-corrected chi connectivity index (χ4v) is 3.43. The summed E-state index contributed by atoms with van der Waals surface area (Å²) >= 11 is 1.68. The fraction of sp³-hybridized carbons (Fsp3) is 0.438. The molecule has 0 saturated heterocycles. The van der Waals surface area contributed by atoms with Crippen molar-refractivity contribution < 1.29 is 0 Å². The molecule has 0 bridgehead atoms. The second kappa shape index (κ2) is 6.23. The van der Waals surface area contributed by atoms with Gasteiger partial charge in [0.15, 0.2) is 0 Å². The van der Waals surface area contributed by atoms with Crippen LogP contribution < -0.4 is 5.32 Å². The van der Waals surface area contributed by atoms with E-state index in [1.807, 2.05) is 13.0 Å². The monoisotopic (exact) mass is 298 g/mol. The van der Waals surface area contributed by atoms with Crippen molar-refractivity contribution in [1.29, 1.82) is 5.26 Å². The summed E-state index contributed by atoms with van der Waals surface area (Å²) in [6, 6.07) is 4.27. The van der Waals surface area contributed by atoms with Crippen LogP contribution in [0.3, 0.4) is 0 Å². The third-order valence-electron chi connectivity index (χ3n) is 3.72. The van der Waals surface area contributed by atoms with Crippen LogP contribution in [0.5, 0.6) is 0 Å². The minimum atomic E-state index is 0.658. The lowest BCUT2D eigenvalue weighted by Gasteiger charge is -2.17. The van der Waals surface area contributed by atoms with Crippen LogP contribution >= 0.6 is 11.3 Å². The zero-order valence-electron chi connectivity index (χ0n) is 12.1. The predicted octanol–water partition coefficient (Wildman–Crippen LogP) is 3.25. The molecule has 2 aromatic rings. The maximum absolute atomic E-state index is 9.30. The minimum Gasteiger partial charge on any atom is -0.369 e. The molecule has 2 heterocycles. The highest BCUT2D eigenvalue weighted by molar-refractivity contribution is 7.09. The quantitative estimate of drug-likeness (QED) is 0.941. The van der Waals surface area contributed by atoms with Gasteiger partial charge in [-0.05, 0) is 44.2 Å². The molecule has 0 spiro atoms. The van der Waals surface area contributed by atoms with Crippen molar-refractivity contribution >= 4 is 17.2 Å². The van der Waals surface area contributed by atoms with Crippen LogP contribution in [-0.4, -0.2) is 16.5 Å². The smallest absolute Gasteiger partial charge is 0.144 e. The molecule has 0 aliphatic heterocycles. The van der Waals surface area contributed by atoms with E-state index in [4.69, 9.17) is 0 Å². The van der Waals surface area contributed by atoms with E-state index >= 15 is 0 Å². The van der Waals surface area contributed by atoms with Crippen LogP contribution in [0.15, 0.2) is 11.4 Å². The first-order valence-corrected chi connectivity index (χ1v) is 8.22. The molecule has 0 atom stereocenters. The van der Waals surface area contributed by atoms with Crippen LogP contribution in [0, 0.1) is 18.3 Å². The normalized spacial score (nSPS) is 13.5. The summed E-state index contributed by atoms with van der Waals surface area (Å²) in [5.74, 6) is 0.728. The first-order valence-electron chi connectivity index (χ1n) is 7.34. The van der Waals surface area contributed by atoms with Gasteiger partial charge < -0.3 is 5.32 Å². The minimum absolute atomic E-state index is 0.658. The number of nitriles is 1. The van der Waals surface area contributed by atoms with E-state index < -0.39 is 0 Å². The number of hydrogen-bond donors (Lipinski definition) is 1. The molecule has 0 aromatic carbocycles. The molecular weight excluding hydrogens is 280 g/mol. The zero-order chi connectivity index (χ0) is 14.7. The van der Waals surface area contributed by atoms with Gasteiger partial charge in [-0.1, -0.05) is 0 Å². The van der Waals surface area contributed by atoms with E-state index in [0.29, 0.717) is 5.56 Å². The number of hydrogen-bond acceptors (Lipinski definition) is 5. The standard InChI is InChI=1S/C16H18N4S/c1-11-10-21-15(19-11)6-7-18-16-13(9-17)8-12-4-2-3-5-14(12)20-16/h8,10H,2-7H2,1H3,(H,18,20). The number of pyridine rings is 1. The maximum atomic E-state index is 9.30. The van der Waals surface area contributed by atoms with Crippen LogP contribution in [0.2, 0.25) is 0 Å². The Hall–Kier alpha value is -1.93. The van der Waals surface area contributed by atoms with E-state index in [9.17, 15) is 5.26 Å². The van der Waals surface area contributed by atoms with E-state index in [0.717, 1.165) is 48.0 Å².